The van der Waals surface area contributed by atoms with Crippen LogP contribution < -0.4 is 5.43 Å². The van der Waals surface area contributed by atoms with Crippen molar-refractivity contribution in [2.45, 2.75) is 13.5 Å². The summed E-state index contributed by atoms with van der Waals surface area (Å²) in [6.45, 7) is 1.72. The van der Waals surface area contributed by atoms with Crippen LogP contribution in [0.2, 0.25) is 5.02 Å². The Labute approximate surface area is 149 Å². The third kappa shape index (κ3) is 4.48. The van der Waals surface area contributed by atoms with E-state index in [1.807, 2.05) is 42.5 Å². The van der Waals surface area contributed by atoms with Crippen molar-refractivity contribution in [1.29, 1.82) is 0 Å². The van der Waals surface area contributed by atoms with Gasteiger partial charge in [0.15, 0.2) is 0 Å². The Bertz CT molecular complexity index is 889. The molecule has 3 aromatic rings. The van der Waals surface area contributed by atoms with Crippen molar-refractivity contribution < 1.29 is 4.79 Å². The van der Waals surface area contributed by atoms with Crippen molar-refractivity contribution in [2.75, 3.05) is 0 Å². The fourth-order valence-electron chi connectivity index (χ4n) is 2.08. The van der Waals surface area contributed by atoms with E-state index in [9.17, 15) is 4.79 Å². The number of carbonyl (C=O) groups excluding carboxylic acids is 1. The zero-order chi connectivity index (χ0) is 17.6. The molecule has 3 rings (SSSR count). The van der Waals surface area contributed by atoms with Crippen LogP contribution in [0.5, 0.6) is 0 Å². The van der Waals surface area contributed by atoms with Crippen molar-refractivity contribution in [1.82, 2.24) is 25.6 Å². The maximum Gasteiger partial charge on any atom is 0.263 e. The number of tetrazole rings is 1. The van der Waals surface area contributed by atoms with Gasteiger partial charge in [-0.25, -0.2) is 5.43 Å². The molecule has 0 spiro atoms. The number of hydrazone groups is 1. The Hall–Kier alpha value is -3.06. The summed E-state index contributed by atoms with van der Waals surface area (Å²) in [5, 5.41) is 16.7. The van der Waals surface area contributed by atoms with Gasteiger partial charge in [0.1, 0.15) is 6.54 Å². The van der Waals surface area contributed by atoms with Gasteiger partial charge >= 0.3 is 0 Å². The number of aromatic nitrogens is 4. The Morgan fingerprint density at radius 1 is 1.16 bits per heavy atom. The van der Waals surface area contributed by atoms with Crippen LogP contribution in [-0.2, 0) is 11.3 Å². The third-order valence-electron chi connectivity index (χ3n) is 3.38. The molecular formula is C17H15ClN6O. The number of nitrogens with zero attached hydrogens (tertiary/aromatic N) is 5. The molecule has 0 aliphatic rings. The molecule has 2 aromatic carbocycles. The molecule has 0 unspecified atom stereocenters. The van der Waals surface area contributed by atoms with Gasteiger partial charge in [0.2, 0.25) is 5.82 Å². The maximum absolute atomic E-state index is 12.0. The van der Waals surface area contributed by atoms with Crippen LogP contribution >= 0.6 is 11.6 Å². The highest BCUT2D eigenvalue weighted by molar-refractivity contribution is 6.30. The molecule has 0 aliphatic carbocycles. The van der Waals surface area contributed by atoms with E-state index in [0.29, 0.717) is 16.6 Å². The second-order valence-corrected chi connectivity index (χ2v) is 5.68. The monoisotopic (exact) mass is 354 g/mol. The quantitative estimate of drug-likeness (QED) is 0.563. The van der Waals surface area contributed by atoms with E-state index < -0.39 is 0 Å². The van der Waals surface area contributed by atoms with Crippen LogP contribution in [0.4, 0.5) is 0 Å². The summed E-state index contributed by atoms with van der Waals surface area (Å²) in [4.78, 5) is 13.2. The number of hydrogen-bond donors (Lipinski definition) is 1. The minimum absolute atomic E-state index is 0.0722. The third-order valence-corrected chi connectivity index (χ3v) is 3.63. The van der Waals surface area contributed by atoms with Crippen molar-refractivity contribution >= 4 is 23.2 Å². The van der Waals surface area contributed by atoms with E-state index >= 15 is 0 Å². The summed E-state index contributed by atoms with van der Waals surface area (Å²) in [6.07, 6.45) is 0. The topological polar surface area (TPSA) is 85.1 Å². The smallest absolute Gasteiger partial charge is 0.263 e. The largest absolute Gasteiger partial charge is 0.271 e. The highest BCUT2D eigenvalue weighted by Crippen LogP contribution is 2.12. The second kappa shape index (κ2) is 7.67. The highest BCUT2D eigenvalue weighted by atomic mass is 35.5. The van der Waals surface area contributed by atoms with Gasteiger partial charge in [0, 0.05) is 10.6 Å². The summed E-state index contributed by atoms with van der Waals surface area (Å²) in [5.41, 5.74) is 4.86. The first kappa shape index (κ1) is 16.8. The van der Waals surface area contributed by atoms with Crippen LogP contribution in [0.1, 0.15) is 12.5 Å². The molecule has 1 heterocycles. The molecule has 0 fully saturated rings. The predicted octanol–water partition coefficient (Wildman–Crippen LogP) is 2.53. The van der Waals surface area contributed by atoms with Gasteiger partial charge in [0.05, 0.1) is 5.71 Å². The molecule has 1 N–H and O–H groups in total. The lowest BCUT2D eigenvalue weighted by Crippen LogP contribution is -2.25. The zero-order valence-electron chi connectivity index (χ0n) is 13.4. The molecule has 1 aromatic heterocycles. The van der Waals surface area contributed by atoms with Crippen molar-refractivity contribution in [3.63, 3.8) is 0 Å². The first-order valence-corrected chi connectivity index (χ1v) is 7.92. The Kier molecular flexibility index (Phi) is 5.15. The Morgan fingerprint density at radius 2 is 1.88 bits per heavy atom. The molecule has 0 bridgehead atoms. The summed E-state index contributed by atoms with van der Waals surface area (Å²) >= 11 is 5.85. The van der Waals surface area contributed by atoms with Crippen LogP contribution in [0.15, 0.2) is 59.7 Å². The first-order valence-electron chi connectivity index (χ1n) is 7.54. The minimum atomic E-state index is -0.342. The maximum atomic E-state index is 12.0. The first-order chi connectivity index (χ1) is 12.1. The molecule has 0 radical (unpaired) electrons. The second-order valence-electron chi connectivity index (χ2n) is 5.25. The van der Waals surface area contributed by atoms with Crippen molar-refractivity contribution in [3.05, 3.63) is 65.2 Å². The summed E-state index contributed by atoms with van der Waals surface area (Å²) in [6, 6.07) is 16.6. The van der Waals surface area contributed by atoms with Crippen LogP contribution in [0.3, 0.4) is 0 Å². The van der Waals surface area contributed by atoms with Crippen LogP contribution in [0, 0.1) is 0 Å². The van der Waals surface area contributed by atoms with E-state index in [1.165, 1.54) is 4.80 Å². The number of rotatable bonds is 5. The lowest BCUT2D eigenvalue weighted by molar-refractivity contribution is -0.122. The van der Waals surface area contributed by atoms with Crippen LogP contribution in [-0.4, -0.2) is 31.8 Å². The highest BCUT2D eigenvalue weighted by Gasteiger charge is 2.09. The van der Waals surface area contributed by atoms with Gasteiger partial charge in [-0.1, -0.05) is 54.1 Å². The lowest BCUT2D eigenvalue weighted by Gasteiger charge is -2.02. The van der Waals surface area contributed by atoms with Gasteiger partial charge in [-0.15, -0.1) is 10.2 Å². The van der Waals surface area contributed by atoms with Gasteiger partial charge in [-0.2, -0.15) is 9.90 Å². The SMILES string of the molecule is C/C(=N\NC(=O)Cn1nnc(-c2ccccc2)n1)c1ccc(Cl)cc1. The lowest BCUT2D eigenvalue weighted by atomic mass is 10.1. The van der Waals surface area contributed by atoms with Gasteiger partial charge < -0.3 is 0 Å². The molecule has 0 atom stereocenters. The number of carbonyl (C=O) groups is 1. The number of amides is 1. The average molecular weight is 355 g/mol. The van der Waals surface area contributed by atoms with Crippen LogP contribution in [0.25, 0.3) is 11.4 Å². The molecular weight excluding hydrogens is 340 g/mol. The molecule has 0 saturated carbocycles. The Morgan fingerprint density at radius 3 is 2.60 bits per heavy atom. The van der Waals surface area contributed by atoms with E-state index in [2.05, 4.69) is 25.9 Å². The summed E-state index contributed by atoms with van der Waals surface area (Å²) in [7, 11) is 0. The van der Waals surface area contributed by atoms with E-state index in [0.717, 1.165) is 11.1 Å². The molecule has 0 saturated heterocycles. The number of halogens is 1. The summed E-state index contributed by atoms with van der Waals surface area (Å²) < 4.78 is 0. The average Bonchev–Trinajstić information content (AvgIpc) is 3.09. The van der Waals surface area contributed by atoms with Crippen molar-refractivity contribution in [2.24, 2.45) is 5.10 Å². The predicted molar refractivity (Wildman–Crippen MR) is 95.1 cm³/mol. The number of hydrogen-bond acceptors (Lipinski definition) is 5. The molecule has 0 aliphatic heterocycles. The minimum Gasteiger partial charge on any atom is -0.271 e. The van der Waals surface area contributed by atoms with Gasteiger partial charge in [0.25, 0.3) is 5.91 Å². The van der Waals surface area contributed by atoms with E-state index in [1.54, 1.807) is 19.1 Å². The zero-order valence-corrected chi connectivity index (χ0v) is 14.2. The normalized spacial score (nSPS) is 11.4. The molecule has 25 heavy (non-hydrogen) atoms. The van der Waals surface area contributed by atoms with Crippen molar-refractivity contribution in [3.8, 4) is 11.4 Å². The Balaban J connectivity index is 1.60. The van der Waals surface area contributed by atoms with E-state index in [4.69, 9.17) is 11.6 Å². The fraction of sp³-hybridized carbons (Fsp3) is 0.118. The van der Waals surface area contributed by atoms with E-state index in [-0.39, 0.29) is 12.5 Å². The number of benzene rings is 2. The molecule has 1 amide bonds. The van der Waals surface area contributed by atoms with Gasteiger partial charge in [-0.05, 0) is 29.8 Å². The standard InChI is InChI=1S/C17H15ClN6O/c1-12(13-7-9-15(18)10-8-13)19-20-16(25)11-24-22-17(21-23-24)14-5-3-2-4-6-14/h2-10H,11H2,1H3,(H,20,25)/b19-12+. The fourth-order valence-corrected chi connectivity index (χ4v) is 2.20. The molecule has 8 heteroatoms. The summed E-state index contributed by atoms with van der Waals surface area (Å²) in [5.74, 6) is 0.125. The molecule has 126 valence electrons. The molecule has 7 nitrogen and oxygen atoms in total. The number of nitrogens with one attached hydrogen (secondary N) is 1. The van der Waals surface area contributed by atoms with Gasteiger partial charge in [-0.3, -0.25) is 4.79 Å².